The Kier molecular flexibility index (Phi) is 6.12. The average molecular weight is 402 g/mol. The lowest BCUT2D eigenvalue weighted by Crippen LogP contribution is -2.29. The molecule has 146 valence electrons. The molecule has 0 aliphatic carbocycles. The molecule has 0 saturated carbocycles. The molecule has 0 amide bonds. The van der Waals surface area contributed by atoms with Crippen LogP contribution in [0.2, 0.25) is 0 Å². The maximum atomic E-state index is 13.2. The van der Waals surface area contributed by atoms with E-state index in [0.29, 0.717) is 17.5 Å². The molecule has 0 fully saturated rings. The van der Waals surface area contributed by atoms with E-state index in [1.807, 2.05) is 19.1 Å². The molecule has 0 unspecified atom stereocenters. The van der Waals surface area contributed by atoms with Gasteiger partial charge in [-0.15, -0.1) is 10.2 Å². The summed E-state index contributed by atoms with van der Waals surface area (Å²) in [5.41, 5.74) is 1.06. The normalized spacial score (nSPS) is 11.2. The molecule has 8 nitrogen and oxygen atoms in total. The number of sulfonamides is 1. The molecule has 0 saturated heterocycles. The van der Waals surface area contributed by atoms with Gasteiger partial charge in [0.15, 0.2) is 5.82 Å². The van der Waals surface area contributed by atoms with E-state index in [4.69, 9.17) is 0 Å². The Morgan fingerprint density at radius 3 is 2.39 bits per heavy atom. The summed E-state index contributed by atoms with van der Waals surface area (Å²) in [5, 5.41) is 14.0. The summed E-state index contributed by atoms with van der Waals surface area (Å²) in [6, 6.07) is 12.1. The molecule has 0 radical (unpaired) electrons. The second-order valence-electron chi connectivity index (χ2n) is 5.93. The molecule has 0 spiro atoms. The lowest BCUT2D eigenvalue weighted by Gasteiger charge is -2.09. The first-order chi connectivity index (χ1) is 13.4. The first-order valence-corrected chi connectivity index (χ1v) is 9.93. The van der Waals surface area contributed by atoms with Crippen LogP contribution >= 0.6 is 0 Å². The second kappa shape index (κ2) is 8.72. The smallest absolute Gasteiger partial charge is 0.240 e. The molecule has 28 heavy (non-hydrogen) atoms. The van der Waals surface area contributed by atoms with Gasteiger partial charge in [-0.3, -0.25) is 0 Å². The second-order valence-corrected chi connectivity index (χ2v) is 7.70. The van der Waals surface area contributed by atoms with Crippen LogP contribution in [0.4, 0.5) is 21.8 Å². The van der Waals surface area contributed by atoms with Crippen LogP contribution in [-0.4, -0.2) is 36.7 Å². The number of aromatic nitrogens is 3. The molecule has 3 N–H and O–H groups in total. The lowest BCUT2D eigenvalue weighted by atomic mass is 10.3. The fourth-order valence-electron chi connectivity index (χ4n) is 2.26. The molecule has 0 aliphatic heterocycles. The first-order valence-electron chi connectivity index (χ1n) is 8.45. The van der Waals surface area contributed by atoms with Gasteiger partial charge in [0.2, 0.25) is 10.0 Å². The Balaban J connectivity index is 1.48. The molecular formula is C18H19FN6O2S. The first kappa shape index (κ1) is 19.6. The maximum Gasteiger partial charge on any atom is 0.240 e. The zero-order chi connectivity index (χ0) is 20.0. The Hall–Kier alpha value is -3.11. The van der Waals surface area contributed by atoms with Gasteiger partial charge < -0.3 is 10.6 Å². The van der Waals surface area contributed by atoms with E-state index in [2.05, 4.69) is 30.5 Å². The molecule has 0 bridgehead atoms. The summed E-state index contributed by atoms with van der Waals surface area (Å²) in [6.45, 7) is 2.35. The Morgan fingerprint density at radius 2 is 1.71 bits per heavy atom. The number of pyridine rings is 1. The van der Waals surface area contributed by atoms with Gasteiger partial charge in [0, 0.05) is 19.3 Å². The van der Waals surface area contributed by atoms with Crippen LogP contribution in [0.25, 0.3) is 0 Å². The van der Waals surface area contributed by atoms with Crippen molar-refractivity contribution in [3.8, 4) is 0 Å². The number of nitrogens with one attached hydrogen (secondary N) is 3. The minimum absolute atomic E-state index is 0.105. The van der Waals surface area contributed by atoms with E-state index in [1.165, 1.54) is 18.2 Å². The largest absolute Gasteiger partial charge is 0.367 e. The number of hydrogen-bond acceptors (Lipinski definition) is 7. The van der Waals surface area contributed by atoms with Crippen molar-refractivity contribution >= 4 is 27.5 Å². The van der Waals surface area contributed by atoms with Crippen LogP contribution < -0.4 is 15.4 Å². The molecule has 2 heterocycles. The Labute approximate surface area is 162 Å². The average Bonchev–Trinajstić information content (AvgIpc) is 2.68. The van der Waals surface area contributed by atoms with Crippen molar-refractivity contribution < 1.29 is 12.8 Å². The van der Waals surface area contributed by atoms with Gasteiger partial charge in [0.25, 0.3) is 0 Å². The van der Waals surface area contributed by atoms with Crippen molar-refractivity contribution in [1.82, 2.24) is 19.9 Å². The van der Waals surface area contributed by atoms with E-state index in [0.717, 1.165) is 11.6 Å². The topological polar surface area (TPSA) is 109 Å². The van der Waals surface area contributed by atoms with Gasteiger partial charge >= 0.3 is 0 Å². The fraction of sp³-hybridized carbons (Fsp3) is 0.167. The SMILES string of the molecule is Cc1ccc(Nc2ccc(NCCNS(=O)(=O)c3cccc(F)c3)nn2)nc1. The highest BCUT2D eigenvalue weighted by molar-refractivity contribution is 7.89. The van der Waals surface area contributed by atoms with Crippen LogP contribution in [0, 0.1) is 12.7 Å². The van der Waals surface area contributed by atoms with Crippen molar-refractivity contribution in [2.24, 2.45) is 0 Å². The third kappa shape index (κ3) is 5.44. The number of halogens is 1. The quantitative estimate of drug-likeness (QED) is 0.497. The number of nitrogens with zero attached hydrogens (tertiary/aromatic N) is 3. The van der Waals surface area contributed by atoms with Crippen LogP contribution in [0.15, 0.2) is 59.6 Å². The summed E-state index contributed by atoms with van der Waals surface area (Å²) in [7, 11) is -3.76. The number of rotatable bonds is 8. The van der Waals surface area contributed by atoms with Gasteiger partial charge in [-0.05, 0) is 48.9 Å². The summed E-state index contributed by atoms with van der Waals surface area (Å²) >= 11 is 0. The molecule has 1 aromatic carbocycles. The zero-order valence-electron chi connectivity index (χ0n) is 15.1. The van der Waals surface area contributed by atoms with Crippen molar-refractivity contribution in [3.05, 3.63) is 66.1 Å². The third-order valence-electron chi connectivity index (χ3n) is 3.66. The molecule has 0 atom stereocenters. The predicted octanol–water partition coefficient (Wildman–Crippen LogP) is 2.45. The Morgan fingerprint density at radius 1 is 0.964 bits per heavy atom. The van der Waals surface area contributed by atoms with Gasteiger partial charge in [0.1, 0.15) is 17.5 Å². The highest BCUT2D eigenvalue weighted by Crippen LogP contribution is 2.13. The molecule has 0 aliphatic rings. The van der Waals surface area contributed by atoms with Gasteiger partial charge in [-0.2, -0.15) is 0 Å². The minimum atomic E-state index is -3.76. The van der Waals surface area contributed by atoms with Crippen LogP contribution in [0.3, 0.4) is 0 Å². The molecule has 3 aromatic rings. The molecule has 10 heteroatoms. The Bertz CT molecular complexity index is 1030. The highest BCUT2D eigenvalue weighted by atomic mass is 32.2. The van der Waals surface area contributed by atoms with Gasteiger partial charge in [0.05, 0.1) is 4.90 Å². The van der Waals surface area contributed by atoms with Crippen LogP contribution in [0.1, 0.15) is 5.56 Å². The summed E-state index contributed by atoms with van der Waals surface area (Å²) in [5.74, 6) is 1.08. The zero-order valence-corrected chi connectivity index (χ0v) is 15.9. The van der Waals surface area contributed by atoms with E-state index in [1.54, 1.807) is 18.3 Å². The number of benzene rings is 1. The molecule has 3 rings (SSSR count). The summed E-state index contributed by atoms with van der Waals surface area (Å²) in [4.78, 5) is 4.11. The predicted molar refractivity (Wildman–Crippen MR) is 104 cm³/mol. The fourth-order valence-corrected chi connectivity index (χ4v) is 3.32. The number of anilines is 3. The third-order valence-corrected chi connectivity index (χ3v) is 5.12. The maximum absolute atomic E-state index is 13.2. The summed E-state index contributed by atoms with van der Waals surface area (Å²) in [6.07, 6.45) is 1.75. The van der Waals surface area contributed by atoms with E-state index >= 15 is 0 Å². The van der Waals surface area contributed by atoms with Crippen molar-refractivity contribution in [1.29, 1.82) is 0 Å². The van der Waals surface area contributed by atoms with Crippen molar-refractivity contribution in [2.75, 3.05) is 23.7 Å². The highest BCUT2D eigenvalue weighted by Gasteiger charge is 2.13. The lowest BCUT2D eigenvalue weighted by molar-refractivity contribution is 0.579. The monoisotopic (exact) mass is 402 g/mol. The van der Waals surface area contributed by atoms with E-state index in [9.17, 15) is 12.8 Å². The van der Waals surface area contributed by atoms with Gasteiger partial charge in [-0.25, -0.2) is 22.5 Å². The number of hydrogen-bond donors (Lipinski definition) is 3. The molecule has 2 aromatic heterocycles. The summed E-state index contributed by atoms with van der Waals surface area (Å²) < 4.78 is 39.7. The van der Waals surface area contributed by atoms with Crippen LogP contribution in [-0.2, 0) is 10.0 Å². The number of aryl methyl sites for hydroxylation is 1. The molecular weight excluding hydrogens is 383 g/mol. The van der Waals surface area contributed by atoms with Crippen molar-refractivity contribution in [2.45, 2.75) is 11.8 Å². The van der Waals surface area contributed by atoms with Crippen molar-refractivity contribution in [3.63, 3.8) is 0 Å². The van der Waals surface area contributed by atoms with E-state index in [-0.39, 0.29) is 18.0 Å². The standard InChI is InChI=1S/C18H19FN6O2S/c1-13-5-6-16(21-12-13)23-18-8-7-17(24-25-18)20-9-10-22-28(26,27)15-4-2-3-14(19)11-15/h2-8,11-12,22H,9-10H2,1H3,(H,20,24)(H,21,23,25). The van der Waals surface area contributed by atoms with Gasteiger partial charge in [-0.1, -0.05) is 12.1 Å². The van der Waals surface area contributed by atoms with Crippen LogP contribution in [0.5, 0.6) is 0 Å². The minimum Gasteiger partial charge on any atom is -0.367 e. The van der Waals surface area contributed by atoms with E-state index < -0.39 is 15.8 Å².